The molecule has 2 aliphatic heterocycles. The van der Waals surface area contributed by atoms with Gasteiger partial charge in [-0.1, -0.05) is 12.1 Å². The summed E-state index contributed by atoms with van der Waals surface area (Å²) in [5.41, 5.74) is 4.37. The predicted molar refractivity (Wildman–Crippen MR) is 83.8 cm³/mol. The second-order valence-corrected chi connectivity index (χ2v) is 6.66. The van der Waals surface area contributed by atoms with E-state index in [0.29, 0.717) is 25.8 Å². The second kappa shape index (κ2) is 6.42. The Kier molecular flexibility index (Phi) is 4.45. The molecule has 1 aromatic rings. The van der Waals surface area contributed by atoms with Crippen molar-refractivity contribution in [3.05, 3.63) is 35.4 Å². The molecule has 1 aromatic carbocycles. The number of amides is 3. The highest BCUT2D eigenvalue weighted by atomic mass is 19.2. The molecule has 0 unspecified atom stereocenters. The average Bonchev–Trinajstić information content (AvgIpc) is 3.00. The van der Waals surface area contributed by atoms with Gasteiger partial charge in [-0.3, -0.25) is 14.4 Å². The van der Waals surface area contributed by atoms with E-state index in [1.54, 1.807) is 0 Å². The molecular formula is C17H19F2N3O3. The Bertz CT molecular complexity index is 740. The van der Waals surface area contributed by atoms with Crippen LogP contribution in [-0.2, 0) is 20.9 Å². The summed E-state index contributed by atoms with van der Waals surface area (Å²) in [5, 5.41) is 0. The standard InChI is InChI=1S/C17H19F2N3O3/c18-12-4-1-3-11(13(12)19)9-21-7-2-5-17(16(21)25)6-8-22(10-17)15(24)14(20)23/h1,3-4H,2,5-10H2,(H2,20,23)/t17-/m1/s1. The normalized spacial score (nSPS) is 23.4. The van der Waals surface area contributed by atoms with Gasteiger partial charge in [-0.05, 0) is 25.3 Å². The van der Waals surface area contributed by atoms with Crippen LogP contribution >= 0.6 is 0 Å². The third kappa shape index (κ3) is 3.08. The van der Waals surface area contributed by atoms with Crippen LogP contribution in [-0.4, -0.2) is 47.2 Å². The molecule has 2 saturated heterocycles. The Labute approximate surface area is 143 Å². The first-order valence-electron chi connectivity index (χ1n) is 8.15. The van der Waals surface area contributed by atoms with Gasteiger partial charge in [-0.2, -0.15) is 0 Å². The van der Waals surface area contributed by atoms with Crippen molar-refractivity contribution in [3.8, 4) is 0 Å². The lowest BCUT2D eigenvalue weighted by atomic mass is 9.78. The number of benzene rings is 1. The molecule has 0 bridgehead atoms. The van der Waals surface area contributed by atoms with Crippen molar-refractivity contribution in [2.24, 2.45) is 11.1 Å². The molecule has 134 valence electrons. The number of carbonyl (C=O) groups excluding carboxylic acids is 3. The van der Waals surface area contributed by atoms with Crippen LogP contribution in [0, 0.1) is 17.0 Å². The fraction of sp³-hybridized carbons (Fsp3) is 0.471. The minimum absolute atomic E-state index is 0.0199. The smallest absolute Gasteiger partial charge is 0.311 e. The van der Waals surface area contributed by atoms with Crippen molar-refractivity contribution in [3.63, 3.8) is 0 Å². The monoisotopic (exact) mass is 351 g/mol. The highest BCUT2D eigenvalue weighted by molar-refractivity contribution is 6.34. The number of piperidine rings is 1. The van der Waals surface area contributed by atoms with E-state index in [9.17, 15) is 23.2 Å². The number of nitrogens with zero attached hydrogens (tertiary/aromatic N) is 2. The van der Waals surface area contributed by atoms with E-state index in [4.69, 9.17) is 5.73 Å². The van der Waals surface area contributed by atoms with Gasteiger partial charge in [0.1, 0.15) is 0 Å². The van der Waals surface area contributed by atoms with Gasteiger partial charge >= 0.3 is 11.8 Å². The second-order valence-electron chi connectivity index (χ2n) is 6.66. The molecule has 2 N–H and O–H groups in total. The van der Waals surface area contributed by atoms with E-state index in [1.807, 2.05) is 0 Å². The Hall–Kier alpha value is -2.51. The third-order valence-corrected chi connectivity index (χ3v) is 5.07. The molecule has 2 aliphatic rings. The summed E-state index contributed by atoms with van der Waals surface area (Å²) in [6.45, 7) is 0.847. The van der Waals surface area contributed by atoms with Gasteiger partial charge in [0, 0.05) is 31.7 Å². The molecule has 3 rings (SSSR count). The SMILES string of the molecule is NC(=O)C(=O)N1CC[C@]2(CCCN(Cc3cccc(F)c3F)C2=O)C1. The van der Waals surface area contributed by atoms with E-state index in [-0.39, 0.29) is 31.1 Å². The van der Waals surface area contributed by atoms with Crippen molar-refractivity contribution >= 4 is 17.7 Å². The van der Waals surface area contributed by atoms with Crippen LogP contribution in [0.25, 0.3) is 0 Å². The number of hydrogen-bond donors (Lipinski definition) is 1. The van der Waals surface area contributed by atoms with Crippen LogP contribution in [0.2, 0.25) is 0 Å². The van der Waals surface area contributed by atoms with Gasteiger partial charge in [0.2, 0.25) is 5.91 Å². The number of carbonyl (C=O) groups is 3. The average molecular weight is 351 g/mol. The van der Waals surface area contributed by atoms with Crippen LogP contribution in [0.1, 0.15) is 24.8 Å². The molecule has 2 heterocycles. The van der Waals surface area contributed by atoms with Gasteiger partial charge in [-0.15, -0.1) is 0 Å². The summed E-state index contributed by atoms with van der Waals surface area (Å²) < 4.78 is 27.3. The first-order chi connectivity index (χ1) is 11.8. The van der Waals surface area contributed by atoms with E-state index in [1.165, 1.54) is 21.9 Å². The fourth-order valence-electron chi connectivity index (χ4n) is 3.76. The maximum absolute atomic E-state index is 13.9. The number of likely N-dealkylation sites (tertiary alicyclic amines) is 2. The van der Waals surface area contributed by atoms with Gasteiger partial charge in [0.05, 0.1) is 5.41 Å². The highest BCUT2D eigenvalue weighted by Crippen LogP contribution is 2.40. The highest BCUT2D eigenvalue weighted by Gasteiger charge is 2.49. The molecule has 25 heavy (non-hydrogen) atoms. The lowest BCUT2D eigenvalue weighted by Crippen LogP contribution is -2.50. The van der Waals surface area contributed by atoms with E-state index < -0.39 is 28.9 Å². The van der Waals surface area contributed by atoms with Crippen LogP contribution in [0.15, 0.2) is 18.2 Å². The molecule has 0 aliphatic carbocycles. The molecular weight excluding hydrogens is 332 g/mol. The first kappa shape index (κ1) is 17.3. The minimum atomic E-state index is -1.04. The Morgan fingerprint density at radius 2 is 1.96 bits per heavy atom. The van der Waals surface area contributed by atoms with E-state index in [0.717, 1.165) is 6.07 Å². The number of halogens is 2. The van der Waals surface area contributed by atoms with E-state index >= 15 is 0 Å². The summed E-state index contributed by atoms with van der Waals surface area (Å²) in [6, 6.07) is 3.88. The lowest BCUT2D eigenvalue weighted by molar-refractivity contribution is -0.148. The maximum Gasteiger partial charge on any atom is 0.311 e. The zero-order valence-electron chi connectivity index (χ0n) is 13.6. The Morgan fingerprint density at radius 3 is 2.68 bits per heavy atom. The topological polar surface area (TPSA) is 83.7 Å². The van der Waals surface area contributed by atoms with Crippen molar-refractivity contribution in [2.45, 2.75) is 25.8 Å². The molecule has 3 amide bonds. The van der Waals surface area contributed by atoms with Crippen LogP contribution < -0.4 is 5.73 Å². The minimum Gasteiger partial charge on any atom is -0.361 e. The maximum atomic E-state index is 13.9. The Balaban J connectivity index is 1.77. The first-order valence-corrected chi connectivity index (χ1v) is 8.15. The van der Waals surface area contributed by atoms with Crippen LogP contribution in [0.4, 0.5) is 8.78 Å². The molecule has 2 fully saturated rings. The summed E-state index contributed by atoms with van der Waals surface area (Å²) in [4.78, 5) is 38.6. The zero-order valence-corrected chi connectivity index (χ0v) is 13.6. The van der Waals surface area contributed by atoms with E-state index in [2.05, 4.69) is 0 Å². The lowest BCUT2D eigenvalue weighted by Gasteiger charge is -2.39. The van der Waals surface area contributed by atoms with Crippen molar-refractivity contribution in [1.29, 1.82) is 0 Å². The predicted octanol–water partition coefficient (Wildman–Crippen LogP) is 0.791. The Morgan fingerprint density at radius 1 is 1.20 bits per heavy atom. The quantitative estimate of drug-likeness (QED) is 0.800. The van der Waals surface area contributed by atoms with Gasteiger partial charge in [-0.25, -0.2) is 8.78 Å². The van der Waals surface area contributed by atoms with Crippen molar-refractivity contribution in [1.82, 2.24) is 9.80 Å². The number of rotatable bonds is 2. The molecule has 0 saturated carbocycles. The molecule has 6 nitrogen and oxygen atoms in total. The molecule has 1 spiro atoms. The molecule has 0 aromatic heterocycles. The largest absolute Gasteiger partial charge is 0.361 e. The number of hydrogen-bond acceptors (Lipinski definition) is 3. The molecule has 8 heteroatoms. The fourth-order valence-corrected chi connectivity index (χ4v) is 3.76. The summed E-state index contributed by atoms with van der Waals surface area (Å²) in [7, 11) is 0. The van der Waals surface area contributed by atoms with Crippen molar-refractivity contribution in [2.75, 3.05) is 19.6 Å². The summed E-state index contributed by atoms with van der Waals surface area (Å²) in [5.74, 6) is -3.93. The zero-order chi connectivity index (χ0) is 18.2. The van der Waals surface area contributed by atoms with Gasteiger partial charge < -0.3 is 15.5 Å². The third-order valence-electron chi connectivity index (χ3n) is 5.07. The van der Waals surface area contributed by atoms with Gasteiger partial charge in [0.25, 0.3) is 0 Å². The summed E-state index contributed by atoms with van der Waals surface area (Å²) >= 11 is 0. The van der Waals surface area contributed by atoms with Crippen LogP contribution in [0.3, 0.4) is 0 Å². The number of primary amides is 1. The summed E-state index contributed by atoms with van der Waals surface area (Å²) in [6.07, 6.45) is 1.73. The number of nitrogens with two attached hydrogens (primary N) is 1. The molecule has 1 atom stereocenters. The van der Waals surface area contributed by atoms with Crippen molar-refractivity contribution < 1.29 is 23.2 Å². The molecule has 0 radical (unpaired) electrons. The van der Waals surface area contributed by atoms with Gasteiger partial charge in [0.15, 0.2) is 11.6 Å². The van der Waals surface area contributed by atoms with Crippen LogP contribution in [0.5, 0.6) is 0 Å².